The summed E-state index contributed by atoms with van der Waals surface area (Å²) in [5.74, 6) is -0.747. The molecule has 2 aliphatic rings. The molecule has 2 amide bonds. The fourth-order valence-electron chi connectivity index (χ4n) is 5.34. The van der Waals surface area contributed by atoms with Gasteiger partial charge in [-0.05, 0) is 65.8 Å². The van der Waals surface area contributed by atoms with Crippen LogP contribution in [0, 0.1) is 5.92 Å². The number of nitrogens with zero attached hydrogens (tertiary/aromatic N) is 3. The molecule has 0 radical (unpaired) electrons. The molecule has 0 unspecified atom stereocenters. The molecule has 0 saturated carbocycles. The largest absolute Gasteiger partial charge is 0.469 e. The molecule has 0 aliphatic carbocycles. The van der Waals surface area contributed by atoms with E-state index in [-0.39, 0.29) is 36.2 Å². The van der Waals surface area contributed by atoms with E-state index in [2.05, 4.69) is 10.3 Å². The summed E-state index contributed by atoms with van der Waals surface area (Å²) in [5.41, 5.74) is 5.62. The quantitative estimate of drug-likeness (QED) is 0.417. The minimum atomic E-state index is -0.350. The molecular weight excluding hydrogens is 528 g/mol. The van der Waals surface area contributed by atoms with Crippen LogP contribution in [0.2, 0.25) is 5.02 Å². The molecule has 2 bridgehead atoms. The Kier molecular flexibility index (Phi) is 8.26. The van der Waals surface area contributed by atoms with Crippen LogP contribution in [0.15, 0.2) is 61.1 Å². The predicted molar refractivity (Wildman–Crippen MR) is 153 cm³/mol. The number of aromatic nitrogens is 2. The maximum atomic E-state index is 13.5. The van der Waals surface area contributed by atoms with Gasteiger partial charge in [0, 0.05) is 48.4 Å². The number of nitrogens with one attached hydrogen (secondary N) is 1. The Balaban J connectivity index is 1.51. The number of hydrogen-bond acceptors (Lipinski definition) is 6. The van der Waals surface area contributed by atoms with Gasteiger partial charge in [-0.1, -0.05) is 37.1 Å². The van der Waals surface area contributed by atoms with Gasteiger partial charge in [0.15, 0.2) is 0 Å². The second-order valence-electron chi connectivity index (χ2n) is 10.3. The zero-order chi connectivity index (χ0) is 28.2. The highest BCUT2D eigenvalue weighted by Gasteiger charge is 2.30. The molecule has 0 spiro atoms. The lowest BCUT2D eigenvalue weighted by Crippen LogP contribution is -2.38. The third kappa shape index (κ3) is 6.07. The van der Waals surface area contributed by atoms with Gasteiger partial charge in [-0.25, -0.2) is 0 Å². The third-order valence-corrected chi connectivity index (χ3v) is 7.78. The molecule has 1 N–H and O–H groups in total. The molecule has 0 fully saturated rings. The fourth-order valence-corrected chi connectivity index (χ4v) is 5.51. The minimum Gasteiger partial charge on any atom is -0.469 e. The van der Waals surface area contributed by atoms with Crippen molar-refractivity contribution >= 4 is 40.6 Å². The number of carbonyl (C=O) groups is 3. The molecule has 1 aromatic carbocycles. The Morgan fingerprint density at radius 1 is 1.12 bits per heavy atom. The number of esters is 1. The summed E-state index contributed by atoms with van der Waals surface area (Å²) in [5, 5.41) is 3.61. The number of pyridine rings is 2. The second-order valence-corrected chi connectivity index (χ2v) is 10.7. The number of anilines is 1. The van der Waals surface area contributed by atoms with Gasteiger partial charge in [0.2, 0.25) is 11.8 Å². The first-order valence-electron chi connectivity index (χ1n) is 13.4. The Bertz CT molecular complexity index is 1490. The maximum Gasteiger partial charge on any atom is 0.309 e. The van der Waals surface area contributed by atoms with Crippen molar-refractivity contribution in [2.75, 3.05) is 19.0 Å². The molecular formula is C31H31ClN4O4. The summed E-state index contributed by atoms with van der Waals surface area (Å²) in [4.78, 5) is 49.2. The highest BCUT2D eigenvalue weighted by Crippen LogP contribution is 2.36. The van der Waals surface area contributed by atoms with E-state index in [0.717, 1.165) is 39.9 Å². The van der Waals surface area contributed by atoms with Crippen molar-refractivity contribution in [3.63, 3.8) is 0 Å². The van der Waals surface area contributed by atoms with Gasteiger partial charge in [-0.3, -0.25) is 24.4 Å². The number of hydrogen-bond donors (Lipinski definition) is 1. The third-order valence-electron chi connectivity index (χ3n) is 7.57. The van der Waals surface area contributed by atoms with Crippen molar-refractivity contribution in [1.29, 1.82) is 0 Å². The first-order chi connectivity index (χ1) is 19.3. The van der Waals surface area contributed by atoms with E-state index in [9.17, 15) is 14.4 Å². The summed E-state index contributed by atoms with van der Waals surface area (Å²) in [6.45, 7) is 2.45. The smallest absolute Gasteiger partial charge is 0.309 e. The van der Waals surface area contributed by atoms with Gasteiger partial charge in [0.1, 0.15) is 0 Å². The molecule has 40 heavy (non-hydrogen) atoms. The minimum absolute atomic E-state index is 0.0795. The average Bonchev–Trinajstić information content (AvgIpc) is 2.95. The molecule has 2 aromatic heterocycles. The Morgan fingerprint density at radius 3 is 2.75 bits per heavy atom. The molecule has 206 valence electrons. The number of amides is 2. The van der Waals surface area contributed by atoms with Gasteiger partial charge >= 0.3 is 5.97 Å². The molecule has 2 aliphatic heterocycles. The van der Waals surface area contributed by atoms with Crippen LogP contribution in [-0.4, -0.2) is 46.3 Å². The summed E-state index contributed by atoms with van der Waals surface area (Å²) < 4.78 is 4.82. The van der Waals surface area contributed by atoms with Crippen molar-refractivity contribution in [2.45, 2.75) is 45.1 Å². The maximum absolute atomic E-state index is 13.5. The van der Waals surface area contributed by atoms with E-state index in [4.69, 9.17) is 21.3 Å². The highest BCUT2D eigenvalue weighted by molar-refractivity contribution is 6.30. The summed E-state index contributed by atoms with van der Waals surface area (Å²) in [6.07, 6.45) is 9.60. The van der Waals surface area contributed by atoms with E-state index >= 15 is 0 Å². The lowest BCUT2D eigenvalue weighted by Gasteiger charge is -2.34. The monoisotopic (exact) mass is 558 g/mol. The van der Waals surface area contributed by atoms with E-state index in [1.165, 1.54) is 7.11 Å². The standard InChI is InChI=1S/C31H31ClN4O4/c1-19-4-3-5-28(36-11-9-21(16-29(36)37)23-14-24(32)18-33-17-23)27-15-22(8-10-34-27)25-7-6-20(13-30(38)40-2)12-26(25)35-31(19)39/h6-8,10,12,14-19,28H,3-5,9,11,13H2,1-2H3,(H,35,39)/t19-,28+/m1/s1. The first kappa shape index (κ1) is 27.5. The van der Waals surface area contributed by atoms with Gasteiger partial charge in [-0.2, -0.15) is 0 Å². The van der Waals surface area contributed by atoms with Gasteiger partial charge < -0.3 is 15.0 Å². The Morgan fingerprint density at radius 2 is 1.98 bits per heavy atom. The van der Waals surface area contributed by atoms with E-state index in [1.807, 2.05) is 48.2 Å². The topological polar surface area (TPSA) is 101 Å². The molecule has 4 heterocycles. The van der Waals surface area contributed by atoms with Crippen LogP contribution in [-0.2, 0) is 25.5 Å². The van der Waals surface area contributed by atoms with Crippen LogP contribution in [0.3, 0.4) is 0 Å². The van der Waals surface area contributed by atoms with Crippen molar-refractivity contribution in [2.24, 2.45) is 5.92 Å². The van der Waals surface area contributed by atoms with Crippen molar-refractivity contribution in [3.05, 3.63) is 82.9 Å². The van der Waals surface area contributed by atoms with E-state index < -0.39 is 0 Å². The van der Waals surface area contributed by atoms with Crippen LogP contribution < -0.4 is 5.32 Å². The number of rotatable bonds is 4. The molecule has 3 aromatic rings. The van der Waals surface area contributed by atoms with Gasteiger partial charge in [-0.15, -0.1) is 0 Å². The zero-order valence-electron chi connectivity index (χ0n) is 22.5. The van der Waals surface area contributed by atoms with Gasteiger partial charge in [0.25, 0.3) is 0 Å². The number of fused-ring (bicyclic) bond motifs is 4. The van der Waals surface area contributed by atoms with E-state index in [1.54, 1.807) is 24.7 Å². The second kappa shape index (κ2) is 12.0. The zero-order valence-corrected chi connectivity index (χ0v) is 23.3. The summed E-state index contributed by atoms with van der Waals surface area (Å²) >= 11 is 6.13. The number of ether oxygens (including phenoxy) is 1. The molecule has 5 rings (SSSR count). The first-order valence-corrected chi connectivity index (χ1v) is 13.8. The lowest BCUT2D eigenvalue weighted by molar-refractivity contribution is -0.139. The number of methoxy groups -OCH3 is 1. The van der Waals surface area contributed by atoms with Crippen LogP contribution in [0.4, 0.5) is 5.69 Å². The average molecular weight is 559 g/mol. The molecule has 9 heteroatoms. The number of carbonyl (C=O) groups excluding carboxylic acids is 3. The van der Waals surface area contributed by atoms with Crippen LogP contribution in [0.25, 0.3) is 16.7 Å². The molecule has 0 saturated heterocycles. The highest BCUT2D eigenvalue weighted by atomic mass is 35.5. The van der Waals surface area contributed by atoms with Crippen molar-refractivity contribution < 1.29 is 19.1 Å². The van der Waals surface area contributed by atoms with Crippen molar-refractivity contribution in [1.82, 2.24) is 14.9 Å². The van der Waals surface area contributed by atoms with Crippen molar-refractivity contribution in [3.8, 4) is 11.1 Å². The lowest BCUT2D eigenvalue weighted by atomic mass is 9.92. The SMILES string of the molecule is COC(=O)Cc1ccc2c(c1)NC(=O)[C@H](C)CCC[C@H](N1CCC(c3cncc(Cl)c3)=CC1=O)c1cc-2ccn1. The van der Waals surface area contributed by atoms with Gasteiger partial charge in [0.05, 0.1) is 30.3 Å². The molecule has 8 nitrogen and oxygen atoms in total. The van der Waals surface area contributed by atoms with E-state index in [0.29, 0.717) is 36.5 Å². The van der Waals surface area contributed by atoms with Crippen LogP contribution in [0.1, 0.15) is 55.5 Å². The fraction of sp³-hybridized carbons (Fsp3) is 0.323. The van der Waals surface area contributed by atoms with Crippen LogP contribution in [0.5, 0.6) is 0 Å². The summed E-state index contributed by atoms with van der Waals surface area (Å²) in [7, 11) is 1.35. The normalized spacial score (nSPS) is 19.5. The summed E-state index contributed by atoms with van der Waals surface area (Å²) in [6, 6.07) is 11.1. The Hall–Kier alpha value is -4.04. The van der Waals surface area contributed by atoms with Crippen LogP contribution >= 0.6 is 11.6 Å². The number of benzene rings is 1. The molecule has 2 atom stereocenters. The number of halogens is 1. The Labute approximate surface area is 238 Å². The predicted octanol–water partition coefficient (Wildman–Crippen LogP) is 5.63.